The van der Waals surface area contributed by atoms with Gasteiger partial charge in [0.2, 0.25) is 10.0 Å². The normalized spacial score (nSPS) is 25.6. The molecule has 1 aromatic carbocycles. The fourth-order valence-electron chi connectivity index (χ4n) is 2.25. The fourth-order valence-corrected chi connectivity index (χ4v) is 4.18. The molecule has 1 aliphatic rings. The van der Waals surface area contributed by atoms with Crippen LogP contribution in [0.15, 0.2) is 23.1 Å². The van der Waals surface area contributed by atoms with Crippen molar-refractivity contribution in [3.05, 3.63) is 29.6 Å². The Labute approximate surface area is 107 Å². The lowest BCUT2D eigenvalue weighted by molar-refractivity contribution is 0.392. The largest absolute Gasteiger partial charge is 0.326 e. The van der Waals surface area contributed by atoms with E-state index in [0.717, 1.165) is 6.07 Å². The van der Waals surface area contributed by atoms with Gasteiger partial charge in [-0.2, -0.15) is 4.31 Å². The summed E-state index contributed by atoms with van der Waals surface area (Å²) in [4.78, 5) is 0.0310. The monoisotopic (exact) mass is 272 g/mol. The average Bonchev–Trinajstić information content (AvgIpc) is 2.63. The van der Waals surface area contributed by atoms with Gasteiger partial charge in [-0.25, -0.2) is 12.8 Å². The second-order valence-corrected chi connectivity index (χ2v) is 6.58. The zero-order chi connectivity index (χ0) is 13.5. The number of hydrogen-bond donors (Lipinski definition) is 1. The first-order valence-corrected chi connectivity index (χ1v) is 7.31. The SMILES string of the molecule is Cc1ccc(F)cc1S(=O)(=O)N1CCC(N)C1C. The summed E-state index contributed by atoms with van der Waals surface area (Å²) in [6.45, 7) is 3.83. The molecule has 18 heavy (non-hydrogen) atoms. The van der Waals surface area contributed by atoms with E-state index in [1.165, 1.54) is 16.4 Å². The first-order chi connectivity index (χ1) is 8.34. The number of aryl methyl sites for hydroxylation is 1. The van der Waals surface area contributed by atoms with Gasteiger partial charge >= 0.3 is 0 Å². The summed E-state index contributed by atoms with van der Waals surface area (Å²) in [5.41, 5.74) is 6.38. The summed E-state index contributed by atoms with van der Waals surface area (Å²) < 4.78 is 39.5. The quantitative estimate of drug-likeness (QED) is 0.881. The lowest BCUT2D eigenvalue weighted by Crippen LogP contribution is -2.40. The van der Waals surface area contributed by atoms with E-state index in [4.69, 9.17) is 5.73 Å². The predicted molar refractivity (Wildman–Crippen MR) is 67.1 cm³/mol. The van der Waals surface area contributed by atoms with Gasteiger partial charge in [-0.05, 0) is 38.0 Å². The number of nitrogens with two attached hydrogens (primary N) is 1. The molecule has 0 aromatic heterocycles. The second-order valence-electron chi connectivity index (χ2n) is 4.72. The topological polar surface area (TPSA) is 63.4 Å². The van der Waals surface area contributed by atoms with Gasteiger partial charge in [0.15, 0.2) is 0 Å². The van der Waals surface area contributed by atoms with Crippen LogP contribution in [0.5, 0.6) is 0 Å². The molecule has 0 radical (unpaired) electrons. The van der Waals surface area contributed by atoms with Crippen LogP contribution in [0.4, 0.5) is 4.39 Å². The van der Waals surface area contributed by atoms with Gasteiger partial charge in [0.1, 0.15) is 5.82 Å². The molecule has 2 atom stereocenters. The molecule has 0 saturated carbocycles. The van der Waals surface area contributed by atoms with Crippen molar-refractivity contribution in [1.29, 1.82) is 0 Å². The van der Waals surface area contributed by atoms with Crippen molar-refractivity contribution in [3.63, 3.8) is 0 Å². The summed E-state index contributed by atoms with van der Waals surface area (Å²) in [5, 5.41) is 0. The summed E-state index contributed by atoms with van der Waals surface area (Å²) in [5.74, 6) is -0.546. The summed E-state index contributed by atoms with van der Waals surface area (Å²) in [6, 6.07) is 3.39. The summed E-state index contributed by atoms with van der Waals surface area (Å²) in [6.07, 6.45) is 0.634. The van der Waals surface area contributed by atoms with Gasteiger partial charge < -0.3 is 5.73 Å². The van der Waals surface area contributed by atoms with Crippen molar-refractivity contribution in [2.45, 2.75) is 37.2 Å². The maximum absolute atomic E-state index is 13.2. The third kappa shape index (κ3) is 2.15. The number of hydrogen-bond acceptors (Lipinski definition) is 3. The van der Waals surface area contributed by atoms with Crippen molar-refractivity contribution in [2.24, 2.45) is 5.73 Å². The van der Waals surface area contributed by atoms with Crippen molar-refractivity contribution < 1.29 is 12.8 Å². The Morgan fingerprint density at radius 3 is 2.67 bits per heavy atom. The highest BCUT2D eigenvalue weighted by molar-refractivity contribution is 7.89. The van der Waals surface area contributed by atoms with Crippen molar-refractivity contribution in [2.75, 3.05) is 6.54 Å². The Morgan fingerprint density at radius 1 is 1.44 bits per heavy atom. The minimum Gasteiger partial charge on any atom is -0.326 e. The van der Waals surface area contributed by atoms with Gasteiger partial charge in [-0.15, -0.1) is 0 Å². The lowest BCUT2D eigenvalue weighted by atomic mass is 10.2. The van der Waals surface area contributed by atoms with E-state index in [-0.39, 0.29) is 17.0 Å². The van der Waals surface area contributed by atoms with Crippen molar-refractivity contribution in [1.82, 2.24) is 4.31 Å². The molecular weight excluding hydrogens is 255 g/mol. The van der Waals surface area contributed by atoms with Crippen LogP contribution in [0, 0.1) is 12.7 Å². The molecule has 2 unspecified atom stereocenters. The molecule has 2 N–H and O–H groups in total. The maximum atomic E-state index is 13.2. The van der Waals surface area contributed by atoms with Crippen LogP contribution in [-0.2, 0) is 10.0 Å². The van der Waals surface area contributed by atoms with Crippen LogP contribution >= 0.6 is 0 Å². The van der Waals surface area contributed by atoms with Crippen LogP contribution < -0.4 is 5.73 Å². The smallest absolute Gasteiger partial charge is 0.243 e. The van der Waals surface area contributed by atoms with E-state index in [1.54, 1.807) is 13.8 Å². The molecule has 1 saturated heterocycles. The minimum atomic E-state index is -3.66. The number of sulfonamides is 1. The fraction of sp³-hybridized carbons (Fsp3) is 0.500. The van der Waals surface area contributed by atoms with Crippen LogP contribution in [0.25, 0.3) is 0 Å². The maximum Gasteiger partial charge on any atom is 0.243 e. The molecule has 0 amide bonds. The van der Waals surface area contributed by atoms with E-state index >= 15 is 0 Å². The number of halogens is 1. The van der Waals surface area contributed by atoms with E-state index in [1.807, 2.05) is 0 Å². The Balaban J connectivity index is 2.46. The Kier molecular flexibility index (Phi) is 3.44. The first kappa shape index (κ1) is 13.5. The molecule has 1 heterocycles. The number of nitrogens with zero attached hydrogens (tertiary/aromatic N) is 1. The van der Waals surface area contributed by atoms with Gasteiger partial charge in [0.25, 0.3) is 0 Å². The molecule has 100 valence electrons. The van der Waals surface area contributed by atoms with E-state index in [0.29, 0.717) is 18.5 Å². The van der Waals surface area contributed by atoms with Crippen LogP contribution in [0.2, 0.25) is 0 Å². The highest BCUT2D eigenvalue weighted by atomic mass is 32.2. The summed E-state index contributed by atoms with van der Waals surface area (Å²) >= 11 is 0. The van der Waals surface area contributed by atoms with Gasteiger partial charge in [0, 0.05) is 18.6 Å². The third-order valence-corrected chi connectivity index (χ3v) is 5.62. The van der Waals surface area contributed by atoms with Crippen LogP contribution in [0.3, 0.4) is 0 Å². The molecule has 1 fully saturated rings. The van der Waals surface area contributed by atoms with E-state index < -0.39 is 15.8 Å². The number of benzene rings is 1. The minimum absolute atomic E-state index is 0.0310. The Bertz CT molecular complexity index is 559. The molecule has 0 aliphatic carbocycles. The number of rotatable bonds is 2. The molecule has 6 heteroatoms. The zero-order valence-corrected chi connectivity index (χ0v) is 11.2. The highest BCUT2D eigenvalue weighted by Crippen LogP contribution is 2.27. The van der Waals surface area contributed by atoms with Gasteiger partial charge in [0.05, 0.1) is 4.90 Å². The standard InChI is InChI=1S/C12H17FN2O2S/c1-8-3-4-10(13)7-12(8)18(16,17)15-6-5-11(14)9(15)2/h3-4,7,9,11H,5-6,14H2,1-2H3. The Morgan fingerprint density at radius 2 is 2.11 bits per heavy atom. The molecular formula is C12H17FN2O2S. The highest BCUT2D eigenvalue weighted by Gasteiger charge is 2.37. The van der Waals surface area contributed by atoms with Crippen molar-refractivity contribution in [3.8, 4) is 0 Å². The molecule has 1 aliphatic heterocycles. The third-order valence-electron chi connectivity index (χ3n) is 3.49. The zero-order valence-electron chi connectivity index (χ0n) is 10.4. The molecule has 2 rings (SSSR count). The van der Waals surface area contributed by atoms with Gasteiger partial charge in [-0.1, -0.05) is 6.07 Å². The van der Waals surface area contributed by atoms with Crippen molar-refractivity contribution >= 4 is 10.0 Å². The first-order valence-electron chi connectivity index (χ1n) is 5.87. The molecule has 4 nitrogen and oxygen atoms in total. The Hall–Kier alpha value is -0.980. The predicted octanol–water partition coefficient (Wildman–Crippen LogP) is 1.24. The molecule has 1 aromatic rings. The second kappa shape index (κ2) is 4.60. The lowest BCUT2D eigenvalue weighted by Gasteiger charge is -2.23. The van der Waals surface area contributed by atoms with Crippen LogP contribution in [0.1, 0.15) is 18.9 Å². The summed E-state index contributed by atoms with van der Waals surface area (Å²) in [7, 11) is -3.66. The van der Waals surface area contributed by atoms with E-state index in [9.17, 15) is 12.8 Å². The average molecular weight is 272 g/mol. The van der Waals surface area contributed by atoms with Crippen LogP contribution in [-0.4, -0.2) is 31.4 Å². The van der Waals surface area contributed by atoms with E-state index in [2.05, 4.69) is 0 Å². The molecule has 0 spiro atoms. The van der Waals surface area contributed by atoms with Gasteiger partial charge in [-0.3, -0.25) is 0 Å². The molecule has 0 bridgehead atoms.